The van der Waals surface area contributed by atoms with E-state index in [-0.39, 0.29) is 0 Å². The molecule has 2 rings (SSSR count). The largest absolute Gasteiger partial charge is 0.399 e. The number of nitrogen functional groups attached to an aromatic ring is 1. The smallest absolute Gasteiger partial charge is 0.0368 e. The highest BCUT2D eigenvalue weighted by molar-refractivity contribution is 5.53. The summed E-state index contributed by atoms with van der Waals surface area (Å²) in [6, 6.07) is 8.03. The first kappa shape index (κ1) is 9.30. The Morgan fingerprint density at radius 2 is 1.57 bits per heavy atom. The molecule has 1 aliphatic rings. The van der Waals surface area contributed by atoms with Crippen molar-refractivity contribution in [3.8, 4) is 0 Å². The molecule has 1 saturated heterocycles. The lowest BCUT2D eigenvalue weighted by Crippen LogP contribution is -2.32. The van der Waals surface area contributed by atoms with Gasteiger partial charge in [-0.05, 0) is 24.3 Å². The molecule has 0 spiro atoms. The van der Waals surface area contributed by atoms with Gasteiger partial charge in [-0.2, -0.15) is 0 Å². The van der Waals surface area contributed by atoms with Crippen LogP contribution in [0, 0.1) is 0 Å². The standard InChI is InChI=1S/C10H16N4/c11-9-1-3-10(4-2-9)14-7-5-12-13-6-8-14/h1-4,12-13H,5-8,11H2. The number of nitrogens with one attached hydrogen (secondary N) is 2. The van der Waals surface area contributed by atoms with Gasteiger partial charge in [0.2, 0.25) is 0 Å². The average molecular weight is 192 g/mol. The zero-order valence-corrected chi connectivity index (χ0v) is 8.16. The van der Waals surface area contributed by atoms with Crippen molar-refractivity contribution < 1.29 is 0 Å². The van der Waals surface area contributed by atoms with Crippen LogP contribution < -0.4 is 21.5 Å². The Labute approximate surface area is 84.1 Å². The highest BCUT2D eigenvalue weighted by atomic mass is 15.4. The topological polar surface area (TPSA) is 53.3 Å². The maximum Gasteiger partial charge on any atom is 0.0368 e. The third-order valence-electron chi connectivity index (χ3n) is 2.40. The number of nitrogens with two attached hydrogens (primary N) is 1. The Morgan fingerprint density at radius 1 is 1.00 bits per heavy atom. The summed E-state index contributed by atoms with van der Waals surface area (Å²) < 4.78 is 0. The van der Waals surface area contributed by atoms with Crippen LogP contribution in [-0.4, -0.2) is 26.2 Å². The lowest BCUT2D eigenvalue weighted by Gasteiger charge is -2.21. The van der Waals surface area contributed by atoms with E-state index in [4.69, 9.17) is 5.73 Å². The van der Waals surface area contributed by atoms with Gasteiger partial charge in [-0.15, -0.1) is 0 Å². The second kappa shape index (κ2) is 4.30. The average Bonchev–Trinajstić information content (AvgIpc) is 2.47. The first-order valence-electron chi connectivity index (χ1n) is 4.92. The van der Waals surface area contributed by atoms with Crippen molar-refractivity contribution in [2.45, 2.75) is 0 Å². The van der Waals surface area contributed by atoms with Crippen LogP contribution in [0.4, 0.5) is 11.4 Å². The predicted molar refractivity (Wildman–Crippen MR) is 59.1 cm³/mol. The summed E-state index contributed by atoms with van der Waals surface area (Å²) in [7, 11) is 0. The first-order chi connectivity index (χ1) is 6.86. The molecule has 0 bridgehead atoms. The highest BCUT2D eigenvalue weighted by Gasteiger charge is 2.07. The van der Waals surface area contributed by atoms with Crippen molar-refractivity contribution in [3.63, 3.8) is 0 Å². The molecule has 0 aromatic heterocycles. The zero-order chi connectivity index (χ0) is 9.80. The van der Waals surface area contributed by atoms with Gasteiger partial charge in [0.1, 0.15) is 0 Å². The molecule has 4 nitrogen and oxygen atoms in total. The summed E-state index contributed by atoms with van der Waals surface area (Å²) in [4.78, 5) is 2.34. The minimum atomic E-state index is 0.819. The van der Waals surface area contributed by atoms with E-state index < -0.39 is 0 Å². The molecule has 1 aromatic rings. The van der Waals surface area contributed by atoms with Crippen LogP contribution in [0.25, 0.3) is 0 Å². The van der Waals surface area contributed by atoms with Crippen LogP contribution >= 0.6 is 0 Å². The monoisotopic (exact) mass is 192 g/mol. The number of rotatable bonds is 1. The van der Waals surface area contributed by atoms with Gasteiger partial charge in [-0.3, -0.25) is 10.9 Å². The lowest BCUT2D eigenvalue weighted by molar-refractivity contribution is 0.587. The van der Waals surface area contributed by atoms with Crippen molar-refractivity contribution in [1.82, 2.24) is 10.9 Å². The fourth-order valence-electron chi connectivity index (χ4n) is 1.61. The molecule has 1 aromatic carbocycles. The van der Waals surface area contributed by atoms with E-state index in [1.54, 1.807) is 0 Å². The molecular weight excluding hydrogens is 176 g/mol. The maximum atomic E-state index is 5.64. The molecular formula is C10H16N4. The van der Waals surface area contributed by atoms with Crippen molar-refractivity contribution in [2.75, 3.05) is 36.8 Å². The molecule has 14 heavy (non-hydrogen) atoms. The minimum absolute atomic E-state index is 0.819. The second-order valence-electron chi connectivity index (χ2n) is 3.43. The van der Waals surface area contributed by atoms with Crippen LogP contribution in [0.2, 0.25) is 0 Å². The maximum absolute atomic E-state index is 5.64. The van der Waals surface area contributed by atoms with E-state index in [0.717, 1.165) is 31.9 Å². The molecule has 4 heteroatoms. The van der Waals surface area contributed by atoms with Crippen molar-refractivity contribution in [2.24, 2.45) is 0 Å². The Balaban J connectivity index is 2.08. The molecule has 4 N–H and O–H groups in total. The normalized spacial score (nSPS) is 17.9. The summed E-state index contributed by atoms with van der Waals surface area (Å²) in [5, 5.41) is 0. The fourth-order valence-corrected chi connectivity index (χ4v) is 1.61. The Bertz CT molecular complexity index is 275. The number of anilines is 2. The molecule has 0 saturated carbocycles. The third-order valence-corrected chi connectivity index (χ3v) is 2.40. The van der Waals surface area contributed by atoms with Gasteiger partial charge < -0.3 is 10.6 Å². The Morgan fingerprint density at radius 3 is 2.14 bits per heavy atom. The number of benzene rings is 1. The van der Waals surface area contributed by atoms with Crippen molar-refractivity contribution in [1.29, 1.82) is 0 Å². The van der Waals surface area contributed by atoms with Crippen molar-refractivity contribution in [3.05, 3.63) is 24.3 Å². The molecule has 0 amide bonds. The van der Waals surface area contributed by atoms with Crippen molar-refractivity contribution >= 4 is 11.4 Å². The molecule has 1 aliphatic heterocycles. The molecule has 0 atom stereocenters. The quantitative estimate of drug-likeness (QED) is 0.556. The molecule has 0 radical (unpaired) electrons. The van der Waals surface area contributed by atoms with E-state index >= 15 is 0 Å². The van der Waals surface area contributed by atoms with Crippen LogP contribution in [0.5, 0.6) is 0 Å². The number of nitrogens with zero attached hydrogens (tertiary/aromatic N) is 1. The molecule has 0 unspecified atom stereocenters. The van der Waals surface area contributed by atoms with Gasteiger partial charge in [0.05, 0.1) is 0 Å². The van der Waals surface area contributed by atoms with Gasteiger partial charge in [-0.25, -0.2) is 0 Å². The van der Waals surface area contributed by atoms with Gasteiger partial charge in [0.25, 0.3) is 0 Å². The van der Waals surface area contributed by atoms with Crippen LogP contribution in [0.15, 0.2) is 24.3 Å². The summed E-state index contributed by atoms with van der Waals surface area (Å²) in [5.74, 6) is 0. The number of hydrogen-bond donors (Lipinski definition) is 3. The van der Waals surface area contributed by atoms with Gasteiger partial charge >= 0.3 is 0 Å². The van der Waals surface area contributed by atoms with E-state index in [2.05, 4.69) is 27.9 Å². The highest BCUT2D eigenvalue weighted by Crippen LogP contribution is 2.15. The minimum Gasteiger partial charge on any atom is -0.399 e. The SMILES string of the molecule is Nc1ccc(N2CCNNCC2)cc1. The zero-order valence-electron chi connectivity index (χ0n) is 8.16. The fraction of sp³-hybridized carbons (Fsp3) is 0.400. The molecule has 1 fully saturated rings. The molecule has 1 heterocycles. The summed E-state index contributed by atoms with van der Waals surface area (Å²) in [5.41, 5.74) is 14.0. The number of hydrazine groups is 1. The van der Waals surface area contributed by atoms with Crippen LogP contribution in [0.3, 0.4) is 0 Å². The first-order valence-corrected chi connectivity index (χ1v) is 4.92. The Kier molecular flexibility index (Phi) is 2.86. The van der Waals surface area contributed by atoms with Gasteiger partial charge in [0, 0.05) is 37.6 Å². The molecule has 0 aliphatic carbocycles. The van der Waals surface area contributed by atoms with E-state index in [1.165, 1.54) is 5.69 Å². The Hall–Kier alpha value is -1.26. The van der Waals surface area contributed by atoms with E-state index in [1.807, 2.05) is 12.1 Å². The number of hydrogen-bond acceptors (Lipinski definition) is 4. The summed E-state index contributed by atoms with van der Waals surface area (Å²) >= 11 is 0. The van der Waals surface area contributed by atoms with Crippen LogP contribution in [-0.2, 0) is 0 Å². The lowest BCUT2D eigenvalue weighted by atomic mass is 10.2. The summed E-state index contributed by atoms with van der Waals surface area (Å²) in [6.45, 7) is 3.97. The summed E-state index contributed by atoms with van der Waals surface area (Å²) in [6.07, 6.45) is 0. The predicted octanol–water partition coefficient (Wildman–Crippen LogP) is 0.183. The van der Waals surface area contributed by atoms with E-state index in [9.17, 15) is 0 Å². The van der Waals surface area contributed by atoms with Gasteiger partial charge in [-0.1, -0.05) is 0 Å². The molecule has 76 valence electrons. The van der Waals surface area contributed by atoms with Gasteiger partial charge in [0.15, 0.2) is 0 Å². The third kappa shape index (κ3) is 2.16. The second-order valence-corrected chi connectivity index (χ2v) is 3.43. The van der Waals surface area contributed by atoms with E-state index in [0.29, 0.717) is 0 Å². The van der Waals surface area contributed by atoms with Crippen LogP contribution in [0.1, 0.15) is 0 Å².